The highest BCUT2D eigenvalue weighted by Gasteiger charge is 2.17. The maximum absolute atomic E-state index is 10.4. The summed E-state index contributed by atoms with van der Waals surface area (Å²) >= 11 is 0. The first-order chi connectivity index (χ1) is 10.2. The van der Waals surface area contributed by atoms with E-state index in [9.17, 15) is 9.59 Å². The maximum atomic E-state index is 10.4. The lowest BCUT2D eigenvalue weighted by Crippen LogP contribution is -2.24. The number of likely N-dealkylation sites (N-methyl/N-ethyl adjacent to an activating group) is 1. The van der Waals surface area contributed by atoms with Gasteiger partial charge in [0.05, 0.1) is 0 Å². The molecule has 0 atom stereocenters. The van der Waals surface area contributed by atoms with Crippen molar-refractivity contribution in [2.24, 2.45) is 0 Å². The van der Waals surface area contributed by atoms with Crippen molar-refractivity contribution in [2.45, 2.75) is 0 Å². The zero-order chi connectivity index (χ0) is 14.8. The Morgan fingerprint density at radius 2 is 1.19 bits per heavy atom. The monoisotopic (exact) mass is 278 g/mol. The van der Waals surface area contributed by atoms with Gasteiger partial charge >= 0.3 is 0 Å². The van der Waals surface area contributed by atoms with Crippen LogP contribution in [-0.4, -0.2) is 28.7 Å². The van der Waals surface area contributed by atoms with Gasteiger partial charge in [-0.3, -0.25) is 14.5 Å². The fraction of sp³-hybridized carbons (Fsp3) is 0.0588. The molecule has 1 aliphatic heterocycles. The highest BCUT2D eigenvalue weighted by Crippen LogP contribution is 2.24. The summed E-state index contributed by atoms with van der Waals surface area (Å²) < 4.78 is 0. The van der Waals surface area contributed by atoms with Crippen LogP contribution in [0.3, 0.4) is 0 Å². The van der Waals surface area contributed by atoms with Crippen molar-refractivity contribution in [1.29, 1.82) is 0 Å². The van der Waals surface area contributed by atoms with Gasteiger partial charge in [-0.05, 0) is 12.1 Å². The number of H-pyrrole nitrogens is 1. The number of aromatic amines is 1. The highest BCUT2D eigenvalue weighted by atomic mass is 16.2. The lowest BCUT2D eigenvalue weighted by molar-refractivity contribution is -0.135. The Morgan fingerprint density at radius 3 is 1.57 bits per heavy atom. The standard InChI is InChI=1S/C12H9N.C5H5NO2/c1-3-7-11-9(5-1)10-6-2-4-8-12(10)13-11;1-6-4(7)2-3-5(6)8/h1-8,13H;2-3H,1H3. The molecule has 0 unspecified atom stereocenters. The van der Waals surface area contributed by atoms with Crippen LogP contribution in [0.15, 0.2) is 60.7 Å². The molecule has 4 rings (SSSR count). The molecule has 1 aliphatic rings. The number of para-hydroxylation sites is 2. The third-order valence-corrected chi connectivity index (χ3v) is 3.44. The fourth-order valence-corrected chi connectivity index (χ4v) is 2.27. The second-order valence-corrected chi connectivity index (χ2v) is 4.78. The molecular formula is C17H14N2O2. The molecule has 0 fully saturated rings. The van der Waals surface area contributed by atoms with E-state index < -0.39 is 0 Å². The first-order valence-electron chi connectivity index (χ1n) is 6.62. The van der Waals surface area contributed by atoms with E-state index in [0.717, 1.165) is 4.90 Å². The van der Waals surface area contributed by atoms with Gasteiger partial charge in [-0.15, -0.1) is 0 Å². The molecule has 21 heavy (non-hydrogen) atoms. The van der Waals surface area contributed by atoms with Gasteiger partial charge in [0.25, 0.3) is 11.8 Å². The molecule has 0 saturated carbocycles. The van der Waals surface area contributed by atoms with Crippen LogP contribution >= 0.6 is 0 Å². The molecule has 3 aromatic rings. The van der Waals surface area contributed by atoms with E-state index in [0.29, 0.717) is 0 Å². The molecule has 1 aromatic heterocycles. The summed E-state index contributed by atoms with van der Waals surface area (Å²) in [6.45, 7) is 0. The number of rotatable bonds is 0. The Bertz CT molecular complexity index is 793. The SMILES string of the molecule is CN1C(=O)C=CC1=O.c1ccc2c(c1)[nH]c1ccccc12. The number of aromatic nitrogens is 1. The van der Waals surface area contributed by atoms with Crippen LogP contribution in [0.1, 0.15) is 0 Å². The predicted molar refractivity (Wildman–Crippen MR) is 82.7 cm³/mol. The second-order valence-electron chi connectivity index (χ2n) is 4.78. The lowest BCUT2D eigenvalue weighted by atomic mass is 10.2. The third kappa shape index (κ3) is 2.43. The van der Waals surface area contributed by atoms with Crippen LogP contribution in [0.25, 0.3) is 21.8 Å². The molecule has 1 N–H and O–H groups in total. The Labute approximate surface area is 121 Å². The number of nitrogens with one attached hydrogen (secondary N) is 1. The normalized spacial score (nSPS) is 13.9. The largest absolute Gasteiger partial charge is 0.355 e. The second kappa shape index (κ2) is 5.25. The van der Waals surface area contributed by atoms with E-state index in [1.807, 2.05) is 0 Å². The molecular weight excluding hydrogens is 264 g/mol. The minimum absolute atomic E-state index is 0.241. The van der Waals surface area contributed by atoms with Crippen molar-refractivity contribution in [3.05, 3.63) is 60.7 Å². The minimum Gasteiger partial charge on any atom is -0.355 e. The van der Waals surface area contributed by atoms with Gasteiger partial charge in [0.1, 0.15) is 0 Å². The summed E-state index contributed by atoms with van der Waals surface area (Å²) in [5, 5.41) is 2.61. The Hall–Kier alpha value is -2.88. The van der Waals surface area contributed by atoms with Gasteiger partial charge in [-0.2, -0.15) is 0 Å². The van der Waals surface area contributed by atoms with Crippen molar-refractivity contribution in [3.63, 3.8) is 0 Å². The number of hydrogen-bond acceptors (Lipinski definition) is 2. The van der Waals surface area contributed by atoms with Crippen LogP contribution in [0.2, 0.25) is 0 Å². The van der Waals surface area contributed by atoms with Crippen molar-refractivity contribution in [1.82, 2.24) is 9.88 Å². The summed E-state index contributed by atoms with van der Waals surface area (Å²) in [6, 6.07) is 16.8. The number of amides is 2. The number of hydrogen-bond donors (Lipinski definition) is 1. The van der Waals surface area contributed by atoms with Gasteiger partial charge in [-0.1, -0.05) is 36.4 Å². The Balaban J connectivity index is 0.000000143. The van der Waals surface area contributed by atoms with Crippen molar-refractivity contribution in [2.75, 3.05) is 7.05 Å². The minimum atomic E-state index is -0.241. The van der Waals surface area contributed by atoms with Crippen LogP contribution in [0.4, 0.5) is 0 Å². The summed E-state index contributed by atoms with van der Waals surface area (Å²) in [5.41, 5.74) is 2.42. The number of benzene rings is 2. The van der Waals surface area contributed by atoms with Gasteiger partial charge in [0.15, 0.2) is 0 Å². The first kappa shape index (κ1) is 13.1. The molecule has 4 nitrogen and oxygen atoms in total. The van der Waals surface area contributed by atoms with Gasteiger partial charge < -0.3 is 4.98 Å². The summed E-state index contributed by atoms with van der Waals surface area (Å²) in [7, 11) is 1.45. The summed E-state index contributed by atoms with van der Waals surface area (Å²) in [4.78, 5) is 25.2. The number of carbonyl (C=O) groups is 2. The molecule has 104 valence electrons. The summed E-state index contributed by atoms with van der Waals surface area (Å²) in [5.74, 6) is -0.481. The van der Waals surface area contributed by atoms with E-state index in [-0.39, 0.29) is 11.8 Å². The predicted octanol–water partition coefficient (Wildman–Crippen LogP) is 2.86. The van der Waals surface area contributed by atoms with E-state index >= 15 is 0 Å². The van der Waals surface area contributed by atoms with E-state index in [1.165, 1.54) is 41.0 Å². The Kier molecular flexibility index (Phi) is 3.28. The molecule has 4 heteroatoms. The maximum Gasteiger partial charge on any atom is 0.253 e. The molecule has 2 aromatic carbocycles. The Morgan fingerprint density at radius 1 is 0.762 bits per heavy atom. The molecule has 0 saturated heterocycles. The number of imide groups is 1. The zero-order valence-electron chi connectivity index (χ0n) is 11.5. The average molecular weight is 278 g/mol. The van der Waals surface area contributed by atoms with Crippen LogP contribution in [-0.2, 0) is 9.59 Å². The molecule has 0 radical (unpaired) electrons. The lowest BCUT2D eigenvalue weighted by Gasteiger charge is -2.01. The van der Waals surface area contributed by atoms with Crippen molar-refractivity contribution < 1.29 is 9.59 Å². The van der Waals surface area contributed by atoms with E-state index in [4.69, 9.17) is 0 Å². The smallest absolute Gasteiger partial charge is 0.253 e. The number of carbonyl (C=O) groups excluding carboxylic acids is 2. The number of fused-ring (bicyclic) bond motifs is 3. The van der Waals surface area contributed by atoms with Crippen LogP contribution in [0, 0.1) is 0 Å². The molecule has 0 spiro atoms. The van der Waals surface area contributed by atoms with Gasteiger partial charge in [-0.25, -0.2) is 0 Å². The third-order valence-electron chi connectivity index (χ3n) is 3.44. The molecule has 0 bridgehead atoms. The van der Waals surface area contributed by atoms with E-state index in [2.05, 4.69) is 53.5 Å². The van der Waals surface area contributed by atoms with Gasteiger partial charge in [0.2, 0.25) is 0 Å². The first-order valence-corrected chi connectivity index (χ1v) is 6.62. The van der Waals surface area contributed by atoms with Crippen LogP contribution < -0.4 is 0 Å². The summed E-state index contributed by atoms with van der Waals surface area (Å²) in [6.07, 6.45) is 2.50. The number of nitrogens with zero attached hydrogens (tertiary/aromatic N) is 1. The molecule has 0 aliphatic carbocycles. The highest BCUT2D eigenvalue weighted by molar-refractivity contribution is 6.12. The van der Waals surface area contributed by atoms with Gasteiger partial charge in [0, 0.05) is 41.0 Å². The van der Waals surface area contributed by atoms with Crippen LogP contribution in [0.5, 0.6) is 0 Å². The topological polar surface area (TPSA) is 53.2 Å². The van der Waals surface area contributed by atoms with Crippen molar-refractivity contribution in [3.8, 4) is 0 Å². The van der Waals surface area contributed by atoms with Crippen molar-refractivity contribution >= 4 is 33.6 Å². The quantitative estimate of drug-likeness (QED) is 0.643. The molecule has 2 heterocycles. The fourth-order valence-electron chi connectivity index (χ4n) is 2.27. The zero-order valence-corrected chi connectivity index (χ0v) is 11.5. The average Bonchev–Trinajstić information content (AvgIpc) is 3.03. The molecule has 2 amide bonds. The van der Waals surface area contributed by atoms with E-state index in [1.54, 1.807) is 0 Å².